The largest absolute Gasteiger partial charge is 0.339 e. The Kier molecular flexibility index (Phi) is 4.46. The van der Waals surface area contributed by atoms with Gasteiger partial charge in [0.25, 0.3) is 0 Å². The van der Waals surface area contributed by atoms with Crippen LogP contribution >= 0.6 is 0 Å². The van der Waals surface area contributed by atoms with Gasteiger partial charge in [-0.2, -0.15) is 0 Å². The van der Waals surface area contributed by atoms with Gasteiger partial charge >= 0.3 is 0 Å². The second-order valence-electron chi connectivity index (χ2n) is 5.61. The molecule has 1 aromatic carbocycles. The molecule has 1 amide bonds. The van der Waals surface area contributed by atoms with Gasteiger partial charge in [-0.1, -0.05) is 18.7 Å². The van der Waals surface area contributed by atoms with E-state index in [0.29, 0.717) is 13.1 Å². The van der Waals surface area contributed by atoms with Crippen LogP contribution in [-0.2, 0) is 4.79 Å². The summed E-state index contributed by atoms with van der Waals surface area (Å²) in [6.45, 7) is 4.89. The van der Waals surface area contributed by atoms with Crippen LogP contribution in [0.3, 0.4) is 0 Å². The first-order valence-corrected chi connectivity index (χ1v) is 7.67. The maximum absolute atomic E-state index is 13.4. The fourth-order valence-corrected chi connectivity index (χ4v) is 2.87. The van der Waals surface area contributed by atoms with Crippen molar-refractivity contribution in [3.63, 3.8) is 0 Å². The second kappa shape index (κ2) is 6.69. The minimum atomic E-state index is -0.279. The summed E-state index contributed by atoms with van der Waals surface area (Å²) >= 11 is 0. The number of hydrogen-bond acceptors (Lipinski definition) is 3. The summed E-state index contributed by atoms with van der Waals surface area (Å²) in [6, 6.07) is 8.18. The lowest BCUT2D eigenvalue weighted by Gasteiger charge is -2.30. The van der Waals surface area contributed by atoms with Gasteiger partial charge in [0, 0.05) is 30.8 Å². The lowest BCUT2D eigenvalue weighted by molar-refractivity contribution is -0.127. The molecule has 0 radical (unpaired) electrons. The molecule has 1 fully saturated rings. The van der Waals surface area contributed by atoms with E-state index in [1.807, 2.05) is 6.07 Å². The molecule has 1 aliphatic rings. The SMILES string of the molecule is C=CC(=O)N1CCC(c2nccc(-c3cccc(F)c3)n2)CC1. The highest BCUT2D eigenvalue weighted by Crippen LogP contribution is 2.27. The van der Waals surface area contributed by atoms with Gasteiger partial charge in [0.15, 0.2) is 0 Å². The van der Waals surface area contributed by atoms with E-state index in [1.54, 1.807) is 23.2 Å². The molecular weight excluding hydrogens is 293 g/mol. The van der Waals surface area contributed by atoms with Crippen LogP contribution in [0.5, 0.6) is 0 Å². The molecule has 2 aromatic rings. The van der Waals surface area contributed by atoms with Gasteiger partial charge in [-0.15, -0.1) is 0 Å². The van der Waals surface area contributed by atoms with Crippen molar-refractivity contribution in [3.05, 3.63) is 60.8 Å². The third-order valence-electron chi connectivity index (χ3n) is 4.14. The molecule has 0 aliphatic carbocycles. The van der Waals surface area contributed by atoms with Crippen molar-refractivity contribution in [1.82, 2.24) is 14.9 Å². The highest BCUT2D eigenvalue weighted by molar-refractivity contribution is 5.87. The second-order valence-corrected chi connectivity index (χ2v) is 5.61. The quantitative estimate of drug-likeness (QED) is 0.818. The Hall–Kier alpha value is -2.56. The first-order chi connectivity index (χ1) is 11.2. The standard InChI is InChI=1S/C18H18FN3O/c1-2-17(23)22-10-7-13(8-11-22)18-20-9-6-16(21-18)14-4-3-5-15(19)12-14/h2-6,9,12-13H,1,7-8,10-11H2. The monoisotopic (exact) mass is 311 g/mol. The van der Waals surface area contributed by atoms with E-state index in [-0.39, 0.29) is 17.6 Å². The average molecular weight is 311 g/mol. The number of rotatable bonds is 3. The van der Waals surface area contributed by atoms with Crippen molar-refractivity contribution in [3.8, 4) is 11.3 Å². The van der Waals surface area contributed by atoms with E-state index >= 15 is 0 Å². The number of carbonyl (C=O) groups is 1. The van der Waals surface area contributed by atoms with E-state index in [4.69, 9.17) is 0 Å². The molecule has 2 heterocycles. The minimum Gasteiger partial charge on any atom is -0.339 e. The smallest absolute Gasteiger partial charge is 0.245 e. The van der Waals surface area contributed by atoms with Crippen molar-refractivity contribution >= 4 is 5.91 Å². The third kappa shape index (κ3) is 3.44. The average Bonchev–Trinajstić information content (AvgIpc) is 2.61. The number of nitrogens with zero attached hydrogens (tertiary/aromatic N) is 3. The first-order valence-electron chi connectivity index (χ1n) is 7.67. The van der Waals surface area contributed by atoms with Gasteiger partial charge in [-0.05, 0) is 37.1 Å². The maximum atomic E-state index is 13.4. The highest BCUT2D eigenvalue weighted by Gasteiger charge is 2.24. The van der Waals surface area contributed by atoms with Crippen LogP contribution in [0.25, 0.3) is 11.3 Å². The summed E-state index contributed by atoms with van der Waals surface area (Å²) in [7, 11) is 0. The molecule has 4 nitrogen and oxygen atoms in total. The predicted octanol–water partition coefficient (Wildman–Crippen LogP) is 3.17. The number of aromatic nitrogens is 2. The Morgan fingerprint density at radius 3 is 2.78 bits per heavy atom. The van der Waals surface area contributed by atoms with Crippen molar-refractivity contribution in [2.24, 2.45) is 0 Å². The van der Waals surface area contributed by atoms with Crippen molar-refractivity contribution in [2.45, 2.75) is 18.8 Å². The molecule has 0 unspecified atom stereocenters. The van der Waals surface area contributed by atoms with Gasteiger partial charge in [0.2, 0.25) is 5.91 Å². The normalized spacial score (nSPS) is 15.4. The molecule has 23 heavy (non-hydrogen) atoms. The maximum Gasteiger partial charge on any atom is 0.245 e. The van der Waals surface area contributed by atoms with Gasteiger partial charge < -0.3 is 4.90 Å². The van der Waals surface area contributed by atoms with E-state index in [0.717, 1.165) is 29.9 Å². The molecule has 3 rings (SSSR count). The van der Waals surface area contributed by atoms with Crippen molar-refractivity contribution in [2.75, 3.05) is 13.1 Å². The Morgan fingerprint density at radius 2 is 2.09 bits per heavy atom. The van der Waals surface area contributed by atoms with Crippen LogP contribution < -0.4 is 0 Å². The van der Waals surface area contributed by atoms with Gasteiger partial charge in [0.1, 0.15) is 11.6 Å². The van der Waals surface area contributed by atoms with E-state index in [2.05, 4.69) is 16.5 Å². The molecule has 0 bridgehead atoms. The molecule has 0 N–H and O–H groups in total. The summed E-state index contributed by atoms with van der Waals surface area (Å²) in [5, 5.41) is 0. The number of piperidine rings is 1. The molecule has 1 aliphatic heterocycles. The van der Waals surface area contributed by atoms with E-state index < -0.39 is 0 Å². The third-order valence-corrected chi connectivity index (χ3v) is 4.14. The topological polar surface area (TPSA) is 46.1 Å². The number of benzene rings is 1. The first kappa shape index (κ1) is 15.3. The number of carbonyl (C=O) groups excluding carboxylic acids is 1. The number of hydrogen-bond donors (Lipinski definition) is 0. The number of halogens is 1. The summed E-state index contributed by atoms with van der Waals surface area (Å²) in [5.74, 6) is 0.673. The minimum absolute atomic E-state index is 0.0297. The van der Waals surface area contributed by atoms with Crippen LogP contribution in [-0.4, -0.2) is 33.9 Å². The Labute approximate surface area is 134 Å². The summed E-state index contributed by atoms with van der Waals surface area (Å²) in [4.78, 5) is 22.4. The lowest BCUT2D eigenvalue weighted by Crippen LogP contribution is -2.37. The molecule has 0 atom stereocenters. The van der Waals surface area contributed by atoms with Crippen molar-refractivity contribution in [1.29, 1.82) is 0 Å². The zero-order chi connectivity index (χ0) is 16.2. The highest BCUT2D eigenvalue weighted by atomic mass is 19.1. The molecule has 1 saturated heterocycles. The molecular formula is C18H18FN3O. The van der Waals surface area contributed by atoms with Crippen LogP contribution in [0.4, 0.5) is 4.39 Å². The zero-order valence-corrected chi connectivity index (χ0v) is 12.8. The summed E-state index contributed by atoms with van der Waals surface area (Å²) in [6.07, 6.45) is 4.71. The fourth-order valence-electron chi connectivity index (χ4n) is 2.87. The van der Waals surface area contributed by atoms with Gasteiger partial charge in [0.05, 0.1) is 5.69 Å². The Balaban J connectivity index is 1.76. The number of amides is 1. The zero-order valence-electron chi connectivity index (χ0n) is 12.8. The fraction of sp³-hybridized carbons (Fsp3) is 0.278. The van der Waals surface area contributed by atoms with Crippen molar-refractivity contribution < 1.29 is 9.18 Å². The molecule has 0 spiro atoms. The van der Waals surface area contributed by atoms with Gasteiger partial charge in [-0.3, -0.25) is 4.79 Å². The summed E-state index contributed by atoms with van der Waals surface area (Å²) < 4.78 is 13.4. The molecule has 118 valence electrons. The summed E-state index contributed by atoms with van der Waals surface area (Å²) in [5.41, 5.74) is 1.46. The van der Waals surface area contributed by atoms with Crippen LogP contribution in [0, 0.1) is 5.82 Å². The Bertz CT molecular complexity index is 724. The molecule has 0 saturated carbocycles. The van der Waals surface area contributed by atoms with Crippen LogP contribution in [0.15, 0.2) is 49.2 Å². The lowest BCUT2D eigenvalue weighted by atomic mass is 9.95. The van der Waals surface area contributed by atoms with Crippen LogP contribution in [0.2, 0.25) is 0 Å². The van der Waals surface area contributed by atoms with Crippen LogP contribution in [0.1, 0.15) is 24.6 Å². The molecule has 5 heteroatoms. The van der Waals surface area contributed by atoms with E-state index in [1.165, 1.54) is 18.2 Å². The van der Waals surface area contributed by atoms with E-state index in [9.17, 15) is 9.18 Å². The Morgan fingerprint density at radius 1 is 1.30 bits per heavy atom. The van der Waals surface area contributed by atoms with Gasteiger partial charge in [-0.25, -0.2) is 14.4 Å². The number of likely N-dealkylation sites (tertiary alicyclic amines) is 1. The predicted molar refractivity (Wildman–Crippen MR) is 86.2 cm³/mol. The molecule has 1 aromatic heterocycles.